The van der Waals surface area contributed by atoms with E-state index in [-0.39, 0.29) is 10.9 Å². The average molecular weight is 351 g/mol. The van der Waals surface area contributed by atoms with Crippen LogP contribution in [0.5, 0.6) is 0 Å². The number of nitro groups is 1. The summed E-state index contributed by atoms with van der Waals surface area (Å²) in [6.45, 7) is 0. The highest BCUT2D eigenvalue weighted by atomic mass is 35.5. The van der Waals surface area contributed by atoms with E-state index in [9.17, 15) is 18.5 Å². The van der Waals surface area contributed by atoms with Crippen LogP contribution in [-0.2, 0) is 10.0 Å². The summed E-state index contributed by atoms with van der Waals surface area (Å²) in [6, 6.07) is 13.9. The number of nitrogens with zero attached hydrogens (tertiary/aromatic N) is 2. The van der Waals surface area contributed by atoms with Gasteiger partial charge in [0.05, 0.1) is 10.3 Å². The van der Waals surface area contributed by atoms with Crippen molar-refractivity contribution in [2.75, 3.05) is 0 Å². The van der Waals surface area contributed by atoms with Gasteiger partial charge in [0.25, 0.3) is 15.7 Å². The van der Waals surface area contributed by atoms with Crippen LogP contribution in [0.15, 0.2) is 64.4 Å². The number of nitro benzene ring substituents is 1. The predicted molar refractivity (Wildman–Crippen MR) is 89.9 cm³/mol. The molecule has 23 heavy (non-hydrogen) atoms. The number of benzene rings is 2. The van der Waals surface area contributed by atoms with E-state index >= 15 is 0 Å². The first-order valence-corrected chi connectivity index (χ1v) is 8.24. The molecule has 0 bridgehead atoms. The number of halogens is 1. The van der Waals surface area contributed by atoms with Crippen LogP contribution in [-0.4, -0.2) is 18.5 Å². The van der Waals surface area contributed by atoms with Gasteiger partial charge in [-0.05, 0) is 23.8 Å². The van der Waals surface area contributed by atoms with Crippen molar-refractivity contribution in [3.05, 3.63) is 81.2 Å². The second-order valence-corrected chi connectivity index (χ2v) is 6.26. The summed E-state index contributed by atoms with van der Waals surface area (Å²) in [6.07, 6.45) is 1.29. The highest BCUT2D eigenvalue weighted by molar-refractivity contribution is 7.93. The fourth-order valence-electron chi connectivity index (χ4n) is 1.64. The summed E-state index contributed by atoms with van der Waals surface area (Å²) in [5.41, 5.74) is 0.904. The standard InChI is InChI=1S/C15H11ClN2O4S/c16-15(13-4-2-1-3-5-13)17-23(21,22)11-10-12-6-8-14(9-7-12)18(19)20/h1-11H/b11-10+,17-15-. The largest absolute Gasteiger partial charge is 0.276 e. The molecule has 0 N–H and O–H groups in total. The third-order valence-corrected chi connectivity index (χ3v) is 4.08. The Morgan fingerprint density at radius 3 is 2.26 bits per heavy atom. The van der Waals surface area contributed by atoms with Crippen molar-refractivity contribution >= 4 is 38.6 Å². The summed E-state index contributed by atoms with van der Waals surface area (Å²) in [7, 11) is -3.91. The molecule has 0 radical (unpaired) electrons. The van der Waals surface area contributed by atoms with Crippen molar-refractivity contribution in [2.45, 2.75) is 0 Å². The zero-order chi connectivity index (χ0) is 16.9. The number of hydrogen-bond donors (Lipinski definition) is 0. The summed E-state index contributed by atoms with van der Waals surface area (Å²) in [4.78, 5) is 10.0. The fraction of sp³-hybridized carbons (Fsp3) is 0. The summed E-state index contributed by atoms with van der Waals surface area (Å²) < 4.78 is 27.3. The van der Waals surface area contributed by atoms with Crippen molar-refractivity contribution in [1.29, 1.82) is 0 Å². The molecule has 0 heterocycles. The molecule has 118 valence electrons. The predicted octanol–water partition coefficient (Wildman–Crippen LogP) is 3.58. The van der Waals surface area contributed by atoms with Gasteiger partial charge in [0.1, 0.15) is 5.17 Å². The molecular formula is C15H11ClN2O4S. The average Bonchev–Trinajstić information content (AvgIpc) is 2.54. The van der Waals surface area contributed by atoms with Gasteiger partial charge in [-0.25, -0.2) is 0 Å². The highest BCUT2D eigenvalue weighted by Gasteiger charge is 2.07. The Hall–Kier alpha value is -2.51. The molecule has 0 aliphatic carbocycles. The maximum atomic E-state index is 11.9. The topological polar surface area (TPSA) is 89.6 Å². The zero-order valence-corrected chi connectivity index (χ0v) is 13.2. The molecule has 2 aromatic rings. The van der Waals surface area contributed by atoms with E-state index in [0.717, 1.165) is 5.41 Å². The summed E-state index contributed by atoms with van der Waals surface area (Å²) in [5.74, 6) is 0. The number of non-ortho nitro benzene ring substituents is 1. The van der Waals surface area contributed by atoms with Crippen molar-refractivity contribution in [2.24, 2.45) is 4.40 Å². The summed E-state index contributed by atoms with van der Waals surface area (Å²) >= 11 is 5.89. The lowest BCUT2D eigenvalue weighted by Crippen LogP contribution is -1.97. The van der Waals surface area contributed by atoms with Crippen LogP contribution in [0, 0.1) is 10.1 Å². The molecule has 0 aliphatic rings. The summed E-state index contributed by atoms with van der Waals surface area (Å²) in [5, 5.41) is 11.3. The Bertz CT molecular complexity index is 860. The third-order valence-electron chi connectivity index (χ3n) is 2.76. The van der Waals surface area contributed by atoms with Crippen molar-refractivity contribution in [3.8, 4) is 0 Å². The van der Waals surface area contributed by atoms with Crippen LogP contribution >= 0.6 is 11.6 Å². The van der Waals surface area contributed by atoms with Crippen LogP contribution < -0.4 is 0 Å². The van der Waals surface area contributed by atoms with Crippen LogP contribution in [0.4, 0.5) is 5.69 Å². The van der Waals surface area contributed by atoms with Gasteiger partial charge in [-0.3, -0.25) is 10.1 Å². The minimum absolute atomic E-state index is 0.0739. The smallest absolute Gasteiger partial charge is 0.258 e. The molecule has 2 aromatic carbocycles. The van der Waals surface area contributed by atoms with E-state index in [1.165, 1.54) is 30.3 Å². The molecule has 0 unspecified atom stereocenters. The molecule has 2 rings (SSSR count). The Morgan fingerprint density at radius 2 is 1.70 bits per heavy atom. The van der Waals surface area contributed by atoms with Gasteiger partial charge >= 0.3 is 0 Å². The second-order valence-electron chi connectivity index (χ2n) is 4.41. The van der Waals surface area contributed by atoms with Gasteiger partial charge in [-0.15, -0.1) is 4.40 Å². The Kier molecular flexibility index (Phi) is 5.25. The van der Waals surface area contributed by atoms with Crippen molar-refractivity contribution < 1.29 is 13.3 Å². The van der Waals surface area contributed by atoms with Crippen LogP contribution in [0.1, 0.15) is 11.1 Å². The minimum Gasteiger partial charge on any atom is -0.258 e. The number of sulfonamides is 1. The molecule has 0 spiro atoms. The quantitative estimate of drug-likeness (QED) is 0.468. The fourth-order valence-corrected chi connectivity index (χ4v) is 2.78. The lowest BCUT2D eigenvalue weighted by Gasteiger charge is -1.97. The minimum atomic E-state index is -3.91. The van der Waals surface area contributed by atoms with Gasteiger partial charge in [-0.1, -0.05) is 41.9 Å². The van der Waals surface area contributed by atoms with Gasteiger partial charge < -0.3 is 0 Å². The van der Waals surface area contributed by atoms with Crippen LogP contribution in [0.3, 0.4) is 0 Å². The van der Waals surface area contributed by atoms with Crippen LogP contribution in [0.25, 0.3) is 6.08 Å². The van der Waals surface area contributed by atoms with Gasteiger partial charge in [0, 0.05) is 17.7 Å². The first-order chi connectivity index (χ1) is 10.9. The van der Waals surface area contributed by atoms with Gasteiger partial charge in [0.2, 0.25) is 0 Å². The highest BCUT2D eigenvalue weighted by Crippen LogP contribution is 2.14. The molecule has 0 aromatic heterocycles. The molecular weight excluding hydrogens is 340 g/mol. The lowest BCUT2D eigenvalue weighted by atomic mass is 10.2. The van der Waals surface area contributed by atoms with E-state index < -0.39 is 14.9 Å². The molecule has 0 aliphatic heterocycles. The molecule has 0 amide bonds. The van der Waals surface area contributed by atoms with E-state index in [4.69, 9.17) is 11.6 Å². The monoisotopic (exact) mass is 350 g/mol. The Balaban J connectivity index is 2.19. The van der Waals surface area contributed by atoms with Crippen molar-refractivity contribution in [3.63, 3.8) is 0 Å². The van der Waals surface area contributed by atoms with E-state index in [0.29, 0.717) is 11.1 Å². The molecule has 0 atom stereocenters. The second kappa shape index (κ2) is 7.17. The zero-order valence-electron chi connectivity index (χ0n) is 11.7. The first-order valence-electron chi connectivity index (χ1n) is 6.36. The molecule has 0 saturated carbocycles. The SMILES string of the molecule is O=[N+]([O-])c1ccc(/C=C/S(=O)(=O)/N=C(\Cl)c2ccccc2)cc1. The number of rotatable bonds is 5. The van der Waals surface area contributed by atoms with E-state index in [1.54, 1.807) is 30.3 Å². The lowest BCUT2D eigenvalue weighted by molar-refractivity contribution is -0.384. The van der Waals surface area contributed by atoms with E-state index in [2.05, 4.69) is 4.40 Å². The maximum absolute atomic E-state index is 11.9. The number of hydrogen-bond acceptors (Lipinski definition) is 4. The normalized spacial score (nSPS) is 12.5. The van der Waals surface area contributed by atoms with E-state index in [1.807, 2.05) is 0 Å². The first kappa shape index (κ1) is 16.9. The maximum Gasteiger partial charge on any atom is 0.276 e. The van der Waals surface area contributed by atoms with Gasteiger partial charge in [0.15, 0.2) is 0 Å². The van der Waals surface area contributed by atoms with Gasteiger partial charge in [-0.2, -0.15) is 8.42 Å². The molecule has 8 heteroatoms. The molecule has 0 saturated heterocycles. The Morgan fingerprint density at radius 1 is 1.09 bits per heavy atom. The molecule has 0 fully saturated rings. The van der Waals surface area contributed by atoms with Crippen LogP contribution in [0.2, 0.25) is 0 Å². The molecule has 6 nitrogen and oxygen atoms in total. The van der Waals surface area contributed by atoms with Crippen molar-refractivity contribution in [1.82, 2.24) is 0 Å². The Labute approximate surface area is 138 Å². The third kappa shape index (κ3) is 5.01.